The maximum Gasteiger partial charge on any atom is 0.343 e. The highest BCUT2D eigenvalue weighted by atomic mass is 19.1. The summed E-state index contributed by atoms with van der Waals surface area (Å²) in [7, 11) is 1.25. The smallest absolute Gasteiger partial charge is 0.343 e. The summed E-state index contributed by atoms with van der Waals surface area (Å²) in [5, 5.41) is 0.237. The van der Waals surface area contributed by atoms with Gasteiger partial charge in [0.15, 0.2) is 0 Å². The molecule has 2 fully saturated rings. The van der Waals surface area contributed by atoms with Gasteiger partial charge in [0, 0.05) is 43.8 Å². The topological polar surface area (TPSA) is 54.8 Å². The number of benzene rings is 1. The Bertz CT molecular complexity index is 960. The molecule has 4 rings (SSSR count). The summed E-state index contributed by atoms with van der Waals surface area (Å²) in [6.07, 6.45) is 4.66. The fraction of sp³-hybridized carbons (Fsp3) is 0.524. The Morgan fingerprint density at radius 1 is 1.21 bits per heavy atom. The van der Waals surface area contributed by atoms with Crippen LogP contribution >= 0.6 is 0 Å². The fourth-order valence-corrected chi connectivity index (χ4v) is 4.04. The summed E-state index contributed by atoms with van der Waals surface area (Å²) < 4.78 is 21.7. The number of piperazine rings is 1. The minimum Gasteiger partial charge on any atom is -0.465 e. The first kappa shape index (κ1) is 18.9. The molecule has 0 bridgehead atoms. The number of pyridine rings is 1. The first-order chi connectivity index (χ1) is 13.5. The first-order valence-electron chi connectivity index (χ1n) is 9.97. The van der Waals surface area contributed by atoms with Crippen LogP contribution in [0, 0.1) is 5.82 Å². The monoisotopic (exact) mass is 387 g/mol. The number of hydrogen-bond acceptors (Lipinski definition) is 5. The standard InChI is InChI=1S/C21H26FN3O3/c1-3-6-23-7-9-24(10-8-23)19-12-18-15(11-17(19)22)20(26)16(21(27)28-2)13-25(18)14-4-5-14/h11-14H,3-10H2,1-2H3. The van der Waals surface area contributed by atoms with Gasteiger partial charge in [-0.2, -0.15) is 0 Å². The highest BCUT2D eigenvalue weighted by molar-refractivity contribution is 5.94. The van der Waals surface area contributed by atoms with Crippen molar-refractivity contribution in [2.45, 2.75) is 32.2 Å². The van der Waals surface area contributed by atoms with Crippen molar-refractivity contribution in [1.29, 1.82) is 0 Å². The summed E-state index contributed by atoms with van der Waals surface area (Å²) in [6.45, 7) is 6.55. The maximum atomic E-state index is 15.0. The van der Waals surface area contributed by atoms with Gasteiger partial charge in [-0.25, -0.2) is 9.18 Å². The number of rotatable bonds is 5. The molecule has 0 atom stereocenters. The van der Waals surface area contributed by atoms with Crippen LogP contribution in [0.1, 0.15) is 42.6 Å². The highest BCUT2D eigenvalue weighted by Crippen LogP contribution is 2.38. The lowest BCUT2D eigenvalue weighted by atomic mass is 10.1. The Morgan fingerprint density at radius 2 is 1.93 bits per heavy atom. The van der Waals surface area contributed by atoms with Gasteiger partial charge in [-0.3, -0.25) is 9.69 Å². The molecule has 2 heterocycles. The van der Waals surface area contributed by atoms with Gasteiger partial charge in [0.1, 0.15) is 11.4 Å². The third-order valence-corrected chi connectivity index (χ3v) is 5.70. The molecule has 7 heteroatoms. The zero-order chi connectivity index (χ0) is 19.8. The van der Waals surface area contributed by atoms with Crippen molar-refractivity contribution in [1.82, 2.24) is 9.47 Å². The summed E-state index contributed by atoms with van der Waals surface area (Å²) in [6, 6.07) is 3.31. The molecular formula is C21H26FN3O3. The van der Waals surface area contributed by atoms with Crippen LogP contribution in [0.4, 0.5) is 10.1 Å². The second kappa shape index (κ2) is 7.54. The molecule has 0 spiro atoms. The van der Waals surface area contributed by atoms with Crippen molar-refractivity contribution in [2.75, 3.05) is 44.7 Å². The minimum absolute atomic E-state index is 0.0396. The van der Waals surface area contributed by atoms with E-state index in [1.807, 2.05) is 4.57 Å². The third-order valence-electron chi connectivity index (χ3n) is 5.70. The van der Waals surface area contributed by atoms with E-state index in [1.54, 1.807) is 12.3 Å². The number of carbonyl (C=O) groups excluding carboxylic acids is 1. The molecule has 2 aliphatic rings. The lowest BCUT2D eigenvalue weighted by Gasteiger charge is -2.36. The Kier molecular flexibility index (Phi) is 5.10. The molecule has 1 saturated heterocycles. The molecule has 1 aliphatic heterocycles. The first-order valence-corrected chi connectivity index (χ1v) is 9.97. The van der Waals surface area contributed by atoms with E-state index in [2.05, 4.69) is 16.7 Å². The Morgan fingerprint density at radius 3 is 2.54 bits per heavy atom. The summed E-state index contributed by atoms with van der Waals surface area (Å²) in [4.78, 5) is 29.2. The number of esters is 1. The number of halogens is 1. The van der Waals surface area contributed by atoms with Gasteiger partial charge >= 0.3 is 5.97 Å². The van der Waals surface area contributed by atoms with Crippen LogP contribution in [0.2, 0.25) is 0 Å². The lowest BCUT2D eigenvalue weighted by Crippen LogP contribution is -2.46. The zero-order valence-corrected chi connectivity index (χ0v) is 16.4. The van der Waals surface area contributed by atoms with Crippen LogP contribution in [0.5, 0.6) is 0 Å². The van der Waals surface area contributed by atoms with E-state index in [4.69, 9.17) is 4.74 Å². The van der Waals surface area contributed by atoms with E-state index in [9.17, 15) is 14.0 Å². The van der Waals surface area contributed by atoms with Crippen molar-refractivity contribution in [3.05, 3.63) is 39.9 Å². The minimum atomic E-state index is -0.683. The second-order valence-corrected chi connectivity index (χ2v) is 7.65. The molecule has 1 saturated carbocycles. The van der Waals surface area contributed by atoms with E-state index in [1.165, 1.54) is 13.2 Å². The predicted octanol–water partition coefficient (Wildman–Crippen LogP) is 2.79. The van der Waals surface area contributed by atoms with Crippen LogP contribution in [-0.4, -0.2) is 55.3 Å². The second-order valence-electron chi connectivity index (χ2n) is 7.65. The number of methoxy groups -OCH3 is 1. The summed E-state index contributed by atoms with van der Waals surface area (Å²) in [5.74, 6) is -1.10. The molecular weight excluding hydrogens is 361 g/mol. The molecule has 0 radical (unpaired) electrons. The van der Waals surface area contributed by atoms with Gasteiger partial charge < -0.3 is 14.2 Å². The molecule has 1 aromatic carbocycles. The third kappa shape index (κ3) is 3.39. The quantitative estimate of drug-likeness (QED) is 0.739. The molecule has 1 aliphatic carbocycles. The van der Waals surface area contributed by atoms with Gasteiger partial charge in [0.05, 0.1) is 18.3 Å². The largest absolute Gasteiger partial charge is 0.465 e. The van der Waals surface area contributed by atoms with Crippen molar-refractivity contribution >= 4 is 22.6 Å². The molecule has 1 aromatic heterocycles. The van der Waals surface area contributed by atoms with E-state index in [-0.39, 0.29) is 17.0 Å². The molecule has 6 nitrogen and oxygen atoms in total. The number of anilines is 1. The molecule has 2 aromatic rings. The van der Waals surface area contributed by atoms with Gasteiger partial charge in [0.2, 0.25) is 5.43 Å². The maximum absolute atomic E-state index is 15.0. The van der Waals surface area contributed by atoms with Gasteiger partial charge in [-0.1, -0.05) is 6.92 Å². The molecule has 0 unspecified atom stereocenters. The van der Waals surface area contributed by atoms with E-state index in [0.29, 0.717) is 11.2 Å². The average molecular weight is 387 g/mol. The van der Waals surface area contributed by atoms with Gasteiger partial charge in [-0.15, -0.1) is 0 Å². The molecule has 150 valence electrons. The van der Waals surface area contributed by atoms with Gasteiger partial charge in [0.25, 0.3) is 0 Å². The zero-order valence-electron chi connectivity index (χ0n) is 16.4. The SMILES string of the molecule is CCCN1CCN(c2cc3c(cc2F)c(=O)c(C(=O)OC)cn3C2CC2)CC1. The van der Waals surface area contributed by atoms with E-state index in [0.717, 1.165) is 52.0 Å². The van der Waals surface area contributed by atoms with Crippen molar-refractivity contribution in [2.24, 2.45) is 0 Å². The van der Waals surface area contributed by atoms with Crippen molar-refractivity contribution < 1.29 is 13.9 Å². The van der Waals surface area contributed by atoms with Crippen molar-refractivity contribution in [3.8, 4) is 0 Å². The lowest BCUT2D eigenvalue weighted by molar-refractivity contribution is 0.0598. The number of fused-ring (bicyclic) bond motifs is 1. The number of hydrogen-bond donors (Lipinski definition) is 0. The van der Waals surface area contributed by atoms with Crippen LogP contribution in [0.25, 0.3) is 10.9 Å². The summed E-state index contributed by atoms with van der Waals surface area (Å²) in [5.41, 5.74) is 0.704. The predicted molar refractivity (Wildman–Crippen MR) is 107 cm³/mol. The number of ether oxygens (including phenoxy) is 1. The number of aromatic nitrogens is 1. The van der Waals surface area contributed by atoms with Crippen molar-refractivity contribution in [3.63, 3.8) is 0 Å². The Balaban J connectivity index is 1.77. The van der Waals surface area contributed by atoms with Crippen LogP contribution < -0.4 is 10.3 Å². The van der Waals surface area contributed by atoms with Crippen LogP contribution in [-0.2, 0) is 4.74 Å². The molecule has 0 N–H and O–H groups in total. The molecule has 0 amide bonds. The fourth-order valence-electron chi connectivity index (χ4n) is 4.04. The molecule has 28 heavy (non-hydrogen) atoms. The number of carbonyl (C=O) groups is 1. The van der Waals surface area contributed by atoms with Gasteiger partial charge in [-0.05, 0) is 37.9 Å². The highest BCUT2D eigenvalue weighted by Gasteiger charge is 2.28. The van der Waals surface area contributed by atoms with E-state index >= 15 is 0 Å². The van der Waals surface area contributed by atoms with Crippen LogP contribution in [0.3, 0.4) is 0 Å². The average Bonchev–Trinajstić information content (AvgIpc) is 3.54. The Labute approximate surface area is 163 Å². The summed E-state index contributed by atoms with van der Waals surface area (Å²) >= 11 is 0. The normalized spacial score (nSPS) is 17.9. The van der Waals surface area contributed by atoms with E-state index < -0.39 is 17.2 Å². The van der Waals surface area contributed by atoms with Crippen LogP contribution in [0.15, 0.2) is 23.1 Å². The Hall–Kier alpha value is -2.41. The number of nitrogens with zero attached hydrogens (tertiary/aromatic N) is 3.